The third-order valence-corrected chi connectivity index (χ3v) is 4.69. The summed E-state index contributed by atoms with van der Waals surface area (Å²) in [5, 5.41) is 0. The molecular weight excluding hydrogens is 400 g/mol. The van der Waals surface area contributed by atoms with Gasteiger partial charge in [-0.3, -0.25) is 4.79 Å². The Morgan fingerprint density at radius 2 is 1.56 bits per heavy atom. The fourth-order valence-electron chi connectivity index (χ4n) is 3.11. The average molecular weight is 437 g/mol. The average Bonchev–Trinajstić information content (AvgIpc) is 2.74. The first-order chi connectivity index (χ1) is 15.2. The van der Waals surface area contributed by atoms with Crippen molar-refractivity contribution in [2.24, 2.45) is 0 Å². The lowest BCUT2D eigenvalue weighted by atomic mass is 9.85. The second-order valence-electron chi connectivity index (χ2n) is 8.86. The minimum Gasteiger partial charge on any atom is -0.493 e. The van der Waals surface area contributed by atoms with E-state index in [1.54, 1.807) is 37.3 Å². The third-order valence-electron chi connectivity index (χ3n) is 4.69. The molecule has 0 saturated carbocycles. The summed E-state index contributed by atoms with van der Waals surface area (Å²) in [6, 6.07) is 11.1. The number of carbonyl (C=O) groups excluding carboxylic acids is 1. The number of ketones is 1. The quantitative estimate of drug-likeness (QED) is 0.209. The van der Waals surface area contributed by atoms with E-state index in [-0.39, 0.29) is 11.2 Å². The topological polar surface area (TPSA) is 44.8 Å². The summed E-state index contributed by atoms with van der Waals surface area (Å²) >= 11 is 0. The van der Waals surface area contributed by atoms with Crippen LogP contribution in [0.2, 0.25) is 0 Å². The second-order valence-corrected chi connectivity index (χ2v) is 8.86. The number of hydrogen-bond acceptors (Lipinski definition) is 4. The number of benzene rings is 2. The molecule has 32 heavy (non-hydrogen) atoms. The van der Waals surface area contributed by atoms with Crippen molar-refractivity contribution in [3.63, 3.8) is 0 Å². The summed E-state index contributed by atoms with van der Waals surface area (Å²) in [7, 11) is 0. The molecule has 0 aromatic heterocycles. The van der Waals surface area contributed by atoms with Crippen molar-refractivity contribution < 1.29 is 19.0 Å². The lowest BCUT2D eigenvalue weighted by Crippen LogP contribution is -2.15. The molecule has 0 unspecified atom stereocenters. The van der Waals surface area contributed by atoms with E-state index in [9.17, 15) is 4.79 Å². The molecule has 0 aliphatic heterocycles. The van der Waals surface area contributed by atoms with Gasteiger partial charge in [0.05, 0.1) is 19.0 Å². The van der Waals surface area contributed by atoms with Crippen molar-refractivity contribution in [1.29, 1.82) is 0 Å². The highest BCUT2D eigenvalue weighted by Crippen LogP contribution is 2.37. The summed E-state index contributed by atoms with van der Waals surface area (Å²) in [5.74, 6) is 2.73. The standard InChI is InChI=1S/C28H36O4/c1-8-16-30-26-19-27(31-17-9-2)24(28(5,6)7)18-22(26)12-15-25(29)21-10-13-23(14-11-21)32-20(3)4/h10-15,18-19H,3,8-9,16-17H2,1-2,4-7H3. The highest BCUT2D eigenvalue weighted by molar-refractivity contribution is 6.07. The fraction of sp³-hybridized carbons (Fsp3) is 0.393. The van der Waals surface area contributed by atoms with E-state index >= 15 is 0 Å². The molecule has 4 heteroatoms. The van der Waals surface area contributed by atoms with Gasteiger partial charge in [-0.1, -0.05) is 41.2 Å². The Bertz CT molecular complexity index is 947. The molecule has 0 spiro atoms. The molecule has 4 nitrogen and oxygen atoms in total. The van der Waals surface area contributed by atoms with Crippen molar-refractivity contribution in [2.45, 2.75) is 59.8 Å². The Morgan fingerprint density at radius 1 is 0.969 bits per heavy atom. The van der Waals surface area contributed by atoms with Crippen molar-refractivity contribution in [1.82, 2.24) is 0 Å². The van der Waals surface area contributed by atoms with Crippen molar-refractivity contribution in [3.05, 3.63) is 71.5 Å². The van der Waals surface area contributed by atoms with Crippen LogP contribution in [0.3, 0.4) is 0 Å². The maximum Gasteiger partial charge on any atom is 0.185 e. The van der Waals surface area contributed by atoms with E-state index < -0.39 is 0 Å². The smallest absolute Gasteiger partial charge is 0.185 e. The van der Waals surface area contributed by atoms with Crippen LogP contribution in [-0.2, 0) is 5.41 Å². The van der Waals surface area contributed by atoms with Crippen LogP contribution in [0.25, 0.3) is 6.08 Å². The first-order valence-corrected chi connectivity index (χ1v) is 11.3. The van der Waals surface area contributed by atoms with Crippen molar-refractivity contribution in [2.75, 3.05) is 13.2 Å². The van der Waals surface area contributed by atoms with Gasteiger partial charge in [-0.15, -0.1) is 0 Å². The molecule has 0 amide bonds. The zero-order valence-corrected chi connectivity index (χ0v) is 20.3. The number of rotatable bonds is 11. The van der Waals surface area contributed by atoms with Gasteiger partial charge in [0.2, 0.25) is 0 Å². The predicted molar refractivity (Wildman–Crippen MR) is 132 cm³/mol. The number of allylic oxidation sites excluding steroid dienone is 2. The van der Waals surface area contributed by atoms with E-state index in [4.69, 9.17) is 14.2 Å². The zero-order chi connectivity index (χ0) is 23.7. The van der Waals surface area contributed by atoms with Gasteiger partial charge in [0.15, 0.2) is 5.78 Å². The van der Waals surface area contributed by atoms with Crippen molar-refractivity contribution in [3.8, 4) is 17.2 Å². The van der Waals surface area contributed by atoms with Gasteiger partial charge in [-0.25, -0.2) is 0 Å². The number of hydrogen-bond donors (Lipinski definition) is 0. The molecule has 0 N–H and O–H groups in total. The zero-order valence-electron chi connectivity index (χ0n) is 20.3. The lowest BCUT2D eigenvalue weighted by molar-refractivity contribution is 0.104. The monoisotopic (exact) mass is 436 g/mol. The molecule has 0 radical (unpaired) electrons. The summed E-state index contributed by atoms with van der Waals surface area (Å²) in [5.41, 5.74) is 2.43. The third kappa shape index (κ3) is 7.30. The van der Waals surface area contributed by atoms with Gasteiger partial charge in [0.1, 0.15) is 17.2 Å². The van der Waals surface area contributed by atoms with Crippen LogP contribution in [0.1, 0.15) is 75.9 Å². The van der Waals surface area contributed by atoms with Crippen LogP contribution in [-0.4, -0.2) is 19.0 Å². The summed E-state index contributed by atoms with van der Waals surface area (Å²) < 4.78 is 17.5. The van der Waals surface area contributed by atoms with Crippen LogP contribution in [0.4, 0.5) is 0 Å². The molecule has 2 aromatic carbocycles. The largest absolute Gasteiger partial charge is 0.493 e. The molecule has 0 aliphatic rings. The Morgan fingerprint density at radius 3 is 2.09 bits per heavy atom. The molecule has 172 valence electrons. The number of ether oxygens (including phenoxy) is 3. The van der Waals surface area contributed by atoms with Gasteiger partial charge >= 0.3 is 0 Å². The Kier molecular flexibility index (Phi) is 9.13. The molecule has 2 rings (SSSR count). The SMILES string of the molecule is C=C(C)Oc1ccc(C(=O)C=Cc2cc(C(C)(C)C)c(OCCC)cc2OCCC)cc1. The molecule has 0 fully saturated rings. The lowest BCUT2D eigenvalue weighted by Gasteiger charge is -2.25. The summed E-state index contributed by atoms with van der Waals surface area (Å²) in [6.45, 7) is 17.4. The number of carbonyl (C=O) groups is 1. The summed E-state index contributed by atoms with van der Waals surface area (Å²) in [4.78, 5) is 12.8. The Balaban J connectivity index is 2.37. The van der Waals surface area contributed by atoms with Gasteiger partial charge in [-0.2, -0.15) is 0 Å². The van der Waals surface area contributed by atoms with Crippen LogP contribution < -0.4 is 14.2 Å². The fourth-order valence-corrected chi connectivity index (χ4v) is 3.11. The molecule has 0 saturated heterocycles. The first-order valence-electron chi connectivity index (χ1n) is 11.3. The van der Waals surface area contributed by atoms with Crippen LogP contribution in [0.15, 0.2) is 54.8 Å². The Hall–Kier alpha value is -3.01. The minimum atomic E-state index is -0.113. The van der Waals surface area contributed by atoms with E-state index in [0.717, 1.165) is 35.5 Å². The van der Waals surface area contributed by atoms with Crippen molar-refractivity contribution >= 4 is 11.9 Å². The van der Waals surface area contributed by atoms with Gasteiger partial charge in [0, 0.05) is 22.8 Å². The van der Waals surface area contributed by atoms with Crippen LogP contribution >= 0.6 is 0 Å². The maximum atomic E-state index is 12.8. The van der Waals surface area contributed by atoms with E-state index in [1.807, 2.05) is 12.1 Å². The molecule has 2 aromatic rings. The highest BCUT2D eigenvalue weighted by atomic mass is 16.5. The van der Waals surface area contributed by atoms with Gasteiger partial charge in [0.25, 0.3) is 0 Å². The van der Waals surface area contributed by atoms with E-state index in [2.05, 4.69) is 47.3 Å². The normalized spacial score (nSPS) is 11.4. The predicted octanol–water partition coefficient (Wildman–Crippen LogP) is 7.37. The molecular formula is C28H36O4. The molecule has 0 heterocycles. The first kappa shape index (κ1) is 25.3. The molecule has 0 aliphatic carbocycles. The maximum absolute atomic E-state index is 12.8. The second kappa shape index (κ2) is 11.6. The molecule has 0 bridgehead atoms. The van der Waals surface area contributed by atoms with Gasteiger partial charge < -0.3 is 14.2 Å². The van der Waals surface area contributed by atoms with Crippen LogP contribution in [0.5, 0.6) is 17.2 Å². The summed E-state index contributed by atoms with van der Waals surface area (Å²) in [6.07, 6.45) is 5.24. The minimum absolute atomic E-state index is 0.0862. The van der Waals surface area contributed by atoms with E-state index in [1.165, 1.54) is 0 Å². The van der Waals surface area contributed by atoms with E-state index in [0.29, 0.717) is 30.3 Å². The Labute approximate surface area is 192 Å². The van der Waals surface area contributed by atoms with Gasteiger partial charge in [-0.05, 0) is 67.7 Å². The molecule has 0 atom stereocenters. The highest BCUT2D eigenvalue weighted by Gasteiger charge is 2.22. The van der Waals surface area contributed by atoms with Crippen LogP contribution in [0, 0.1) is 0 Å².